The van der Waals surface area contributed by atoms with Gasteiger partial charge in [-0.05, 0) is 12.1 Å². The lowest BCUT2D eigenvalue weighted by molar-refractivity contribution is -0.137. The zero-order valence-electron chi connectivity index (χ0n) is 5.98. The Bertz CT molecular complexity index is 272. The predicted octanol–water partition coefficient (Wildman–Crippen LogP) is 1.28. The minimum Gasteiger partial charge on any atom is -0.340 e. The monoisotopic (exact) mass is 172 g/mol. The second kappa shape index (κ2) is 3.50. The Kier molecular flexibility index (Phi) is 2.62. The van der Waals surface area contributed by atoms with E-state index >= 15 is 0 Å². The number of hydrogen-bond acceptors (Lipinski definition) is 3. The van der Waals surface area contributed by atoms with Gasteiger partial charge in [0.1, 0.15) is 0 Å². The molecule has 1 atom stereocenters. The Hall–Kier alpha value is -0.870. The van der Waals surface area contributed by atoms with E-state index in [0.717, 1.165) is 0 Å². The summed E-state index contributed by atoms with van der Waals surface area (Å²) in [7, 11) is -1.03. The summed E-state index contributed by atoms with van der Waals surface area (Å²) in [5.74, 6) is 0.303. The van der Waals surface area contributed by atoms with Gasteiger partial charge >= 0.3 is 0 Å². The fourth-order valence-electron chi connectivity index (χ4n) is 0.710. The van der Waals surface area contributed by atoms with Crippen LogP contribution in [-0.4, -0.2) is 15.7 Å². The summed E-state index contributed by atoms with van der Waals surface area (Å²) in [6, 6.07) is 6.48. The van der Waals surface area contributed by atoms with Gasteiger partial charge in [-0.15, -0.1) is 0 Å². The van der Waals surface area contributed by atoms with E-state index in [2.05, 4.69) is 4.89 Å². The van der Waals surface area contributed by atoms with Crippen molar-refractivity contribution in [2.45, 2.75) is 4.90 Å². The van der Waals surface area contributed by atoms with Gasteiger partial charge < -0.3 is 4.89 Å². The molecule has 0 fully saturated rings. The maximum atomic E-state index is 10.9. The molecule has 11 heavy (non-hydrogen) atoms. The van der Waals surface area contributed by atoms with E-state index in [0.29, 0.717) is 10.6 Å². The summed E-state index contributed by atoms with van der Waals surface area (Å²) in [6.07, 6.45) is 1.57. The summed E-state index contributed by atoms with van der Waals surface area (Å²) in [6.45, 7) is 0. The third-order valence-electron chi connectivity index (χ3n) is 1.24. The van der Waals surface area contributed by atoms with Crippen LogP contribution in [0.3, 0.4) is 0 Å². The van der Waals surface area contributed by atoms with Crippen LogP contribution >= 0.6 is 0 Å². The molecule has 0 aromatic heterocycles. The lowest BCUT2D eigenvalue weighted by atomic mass is 10.3. The summed E-state index contributed by atoms with van der Waals surface area (Å²) < 4.78 is 10.9. The van der Waals surface area contributed by atoms with Gasteiger partial charge in [0.25, 0.3) is 0 Å². The van der Waals surface area contributed by atoms with Crippen LogP contribution in [0.1, 0.15) is 0 Å². The number of hydrogen-bond donors (Lipinski definition) is 1. The lowest BCUT2D eigenvalue weighted by Gasteiger charge is -1.97. The highest BCUT2D eigenvalue weighted by Gasteiger charge is 1.98. The van der Waals surface area contributed by atoms with Crippen molar-refractivity contribution in [3.05, 3.63) is 24.3 Å². The normalized spacial score (nSPS) is 12.5. The van der Waals surface area contributed by atoms with Crippen LogP contribution in [0, 0.1) is 0 Å². The van der Waals surface area contributed by atoms with Gasteiger partial charge in [-0.25, -0.2) is 5.26 Å². The zero-order valence-corrected chi connectivity index (χ0v) is 6.80. The average molecular weight is 172 g/mol. The Morgan fingerprint density at radius 1 is 1.55 bits per heavy atom. The van der Waals surface area contributed by atoms with Crippen LogP contribution in [0.15, 0.2) is 29.2 Å². The van der Waals surface area contributed by atoms with E-state index in [4.69, 9.17) is 5.26 Å². The van der Waals surface area contributed by atoms with Gasteiger partial charge in [0.2, 0.25) is 0 Å². The highest BCUT2D eigenvalue weighted by Crippen LogP contribution is 2.14. The molecule has 0 radical (unpaired) electrons. The maximum absolute atomic E-state index is 10.9. The molecule has 0 heterocycles. The van der Waals surface area contributed by atoms with Gasteiger partial charge in [0, 0.05) is 28.0 Å². The second-order valence-electron chi connectivity index (χ2n) is 2.02. The van der Waals surface area contributed by atoms with Crippen molar-refractivity contribution in [1.29, 1.82) is 0 Å². The highest BCUT2D eigenvalue weighted by atomic mass is 32.2. The molecule has 1 aromatic rings. The van der Waals surface area contributed by atoms with Crippen LogP contribution in [0.4, 0.5) is 0 Å². The van der Waals surface area contributed by atoms with Crippen molar-refractivity contribution < 1.29 is 14.4 Å². The Balaban J connectivity index is 3.01. The smallest absolute Gasteiger partial charge is 0.166 e. The van der Waals surface area contributed by atoms with Crippen LogP contribution in [-0.2, 0) is 10.8 Å². The van der Waals surface area contributed by atoms with Gasteiger partial charge in [-0.3, -0.25) is 4.21 Å². The molecule has 1 aromatic carbocycles. The summed E-state index contributed by atoms with van der Waals surface area (Å²) >= 11 is 0. The summed E-state index contributed by atoms with van der Waals surface area (Å²) in [5.41, 5.74) is 0. The minimum atomic E-state index is -1.03. The van der Waals surface area contributed by atoms with Crippen LogP contribution in [0.5, 0.6) is 5.75 Å². The number of rotatable bonds is 2. The Morgan fingerprint density at radius 3 is 2.82 bits per heavy atom. The molecule has 0 aliphatic rings. The highest BCUT2D eigenvalue weighted by molar-refractivity contribution is 7.84. The first-order valence-electron chi connectivity index (χ1n) is 2.99. The van der Waals surface area contributed by atoms with Crippen molar-refractivity contribution in [1.82, 2.24) is 0 Å². The Labute approximate surface area is 67.0 Å². The number of benzene rings is 1. The molecule has 0 saturated heterocycles. The van der Waals surface area contributed by atoms with E-state index in [-0.39, 0.29) is 0 Å². The van der Waals surface area contributed by atoms with Gasteiger partial charge in [0.15, 0.2) is 5.75 Å². The van der Waals surface area contributed by atoms with Gasteiger partial charge in [-0.2, -0.15) is 0 Å². The third kappa shape index (κ3) is 2.03. The predicted molar refractivity (Wildman–Crippen MR) is 42.0 cm³/mol. The standard InChI is InChI=1S/C7H8O3S/c1-11(9)7-4-2-3-6(5-7)10-8/h2-5,8H,1H3. The molecule has 1 unspecified atom stereocenters. The van der Waals surface area contributed by atoms with E-state index in [1.807, 2.05) is 0 Å². The van der Waals surface area contributed by atoms with Gasteiger partial charge in [-0.1, -0.05) is 6.07 Å². The SMILES string of the molecule is CS(=O)c1cccc(OO)c1. The van der Waals surface area contributed by atoms with E-state index < -0.39 is 10.8 Å². The molecule has 0 bridgehead atoms. The molecule has 3 nitrogen and oxygen atoms in total. The fraction of sp³-hybridized carbons (Fsp3) is 0.143. The first-order chi connectivity index (χ1) is 5.24. The first kappa shape index (κ1) is 8.23. The molecular formula is C7H8O3S. The van der Waals surface area contributed by atoms with E-state index in [1.54, 1.807) is 24.5 Å². The van der Waals surface area contributed by atoms with Crippen molar-refractivity contribution >= 4 is 10.8 Å². The van der Waals surface area contributed by atoms with Crippen LogP contribution in [0.2, 0.25) is 0 Å². The van der Waals surface area contributed by atoms with Crippen molar-refractivity contribution in [2.24, 2.45) is 0 Å². The topological polar surface area (TPSA) is 46.5 Å². The van der Waals surface area contributed by atoms with Crippen molar-refractivity contribution in [3.63, 3.8) is 0 Å². The van der Waals surface area contributed by atoms with Crippen molar-refractivity contribution in [3.8, 4) is 5.75 Å². The van der Waals surface area contributed by atoms with Gasteiger partial charge in [0.05, 0.1) is 0 Å². The molecule has 4 heteroatoms. The second-order valence-corrected chi connectivity index (χ2v) is 3.40. The lowest BCUT2D eigenvalue weighted by Crippen LogP contribution is -1.89. The molecule has 0 saturated carbocycles. The molecular weight excluding hydrogens is 164 g/mol. The molecule has 0 aliphatic carbocycles. The molecule has 0 aliphatic heterocycles. The molecule has 60 valence electrons. The largest absolute Gasteiger partial charge is 0.340 e. The molecule has 1 rings (SSSR count). The van der Waals surface area contributed by atoms with Crippen molar-refractivity contribution in [2.75, 3.05) is 6.26 Å². The maximum Gasteiger partial charge on any atom is 0.166 e. The van der Waals surface area contributed by atoms with Crippen LogP contribution in [0.25, 0.3) is 0 Å². The average Bonchev–Trinajstić information content (AvgIpc) is 2.05. The minimum absolute atomic E-state index is 0.303. The van der Waals surface area contributed by atoms with E-state index in [9.17, 15) is 4.21 Å². The Morgan fingerprint density at radius 2 is 2.27 bits per heavy atom. The molecule has 0 spiro atoms. The van der Waals surface area contributed by atoms with Crippen LogP contribution < -0.4 is 4.89 Å². The zero-order chi connectivity index (χ0) is 8.27. The summed E-state index contributed by atoms with van der Waals surface area (Å²) in [4.78, 5) is 4.61. The molecule has 1 N–H and O–H groups in total. The molecule has 0 amide bonds. The summed E-state index contributed by atoms with van der Waals surface area (Å²) in [5, 5.41) is 8.24. The first-order valence-corrected chi connectivity index (χ1v) is 4.55. The van der Waals surface area contributed by atoms with E-state index in [1.165, 1.54) is 6.07 Å². The quantitative estimate of drug-likeness (QED) is 0.540. The third-order valence-corrected chi connectivity index (χ3v) is 2.16. The fourth-order valence-corrected chi connectivity index (χ4v) is 1.26.